The Hall–Kier alpha value is -1.14. The van der Waals surface area contributed by atoms with Gasteiger partial charge >= 0.3 is 0 Å². The van der Waals surface area contributed by atoms with Gasteiger partial charge in [0.05, 0.1) is 17.7 Å². The van der Waals surface area contributed by atoms with Crippen LogP contribution in [-0.2, 0) is 11.3 Å². The van der Waals surface area contributed by atoms with E-state index >= 15 is 0 Å². The summed E-state index contributed by atoms with van der Waals surface area (Å²) in [5.74, 6) is 0.814. The fourth-order valence-corrected chi connectivity index (χ4v) is 2.02. The maximum absolute atomic E-state index is 4.99. The van der Waals surface area contributed by atoms with Gasteiger partial charge in [-0.25, -0.2) is 4.98 Å². The van der Waals surface area contributed by atoms with Gasteiger partial charge in [0, 0.05) is 32.2 Å². The molecular formula is C11H20N4OS. The molecule has 0 aliphatic heterocycles. The van der Waals surface area contributed by atoms with E-state index in [1.54, 1.807) is 25.5 Å². The highest BCUT2D eigenvalue weighted by Gasteiger charge is 2.02. The molecule has 0 atom stereocenters. The lowest BCUT2D eigenvalue weighted by Crippen LogP contribution is -2.37. The van der Waals surface area contributed by atoms with Crippen molar-refractivity contribution in [1.82, 2.24) is 15.6 Å². The Balaban J connectivity index is 2.26. The van der Waals surface area contributed by atoms with Crippen molar-refractivity contribution in [1.29, 1.82) is 0 Å². The maximum Gasteiger partial charge on any atom is 0.191 e. The molecule has 6 heteroatoms. The molecule has 96 valence electrons. The van der Waals surface area contributed by atoms with E-state index in [1.807, 2.05) is 12.4 Å². The van der Waals surface area contributed by atoms with E-state index in [4.69, 9.17) is 4.74 Å². The Kier molecular flexibility index (Phi) is 6.57. The summed E-state index contributed by atoms with van der Waals surface area (Å²) in [5, 5.41) is 6.49. The van der Waals surface area contributed by atoms with Gasteiger partial charge in [0.25, 0.3) is 0 Å². The summed E-state index contributed by atoms with van der Waals surface area (Å²) in [4.78, 5) is 9.60. The highest BCUT2D eigenvalue weighted by atomic mass is 32.1. The van der Waals surface area contributed by atoms with Crippen LogP contribution in [0.1, 0.15) is 17.0 Å². The highest BCUT2D eigenvalue weighted by Crippen LogP contribution is 2.10. The minimum atomic E-state index is 0.762. The predicted molar refractivity (Wildman–Crippen MR) is 71.5 cm³/mol. The molecule has 0 aliphatic rings. The normalized spacial score (nSPS) is 11.6. The summed E-state index contributed by atoms with van der Waals surface area (Å²) < 4.78 is 4.99. The highest BCUT2D eigenvalue weighted by molar-refractivity contribution is 7.09. The van der Waals surface area contributed by atoms with Crippen molar-refractivity contribution in [2.24, 2.45) is 4.99 Å². The average molecular weight is 256 g/mol. The SMILES string of the molecule is CN=C(NCCCOC)NCc1scnc1C. The van der Waals surface area contributed by atoms with Crippen molar-refractivity contribution in [2.45, 2.75) is 19.9 Å². The smallest absolute Gasteiger partial charge is 0.191 e. The lowest BCUT2D eigenvalue weighted by atomic mass is 10.4. The average Bonchev–Trinajstić information content (AvgIpc) is 2.74. The van der Waals surface area contributed by atoms with E-state index in [-0.39, 0.29) is 0 Å². The molecule has 0 aromatic carbocycles. The minimum absolute atomic E-state index is 0.762. The van der Waals surface area contributed by atoms with Crippen LogP contribution in [-0.4, -0.2) is 38.3 Å². The third-order valence-electron chi connectivity index (χ3n) is 2.30. The van der Waals surface area contributed by atoms with Crippen LogP contribution in [0.15, 0.2) is 10.5 Å². The van der Waals surface area contributed by atoms with E-state index in [9.17, 15) is 0 Å². The quantitative estimate of drug-likeness (QED) is 0.455. The van der Waals surface area contributed by atoms with Crippen LogP contribution in [0.4, 0.5) is 0 Å². The van der Waals surface area contributed by atoms with Gasteiger partial charge in [-0.3, -0.25) is 4.99 Å². The number of thiazole rings is 1. The molecule has 0 spiro atoms. The number of hydrogen-bond donors (Lipinski definition) is 2. The first-order valence-corrected chi connectivity index (χ1v) is 6.48. The third kappa shape index (κ3) is 5.14. The van der Waals surface area contributed by atoms with Crippen LogP contribution in [0.5, 0.6) is 0 Å². The molecule has 0 aliphatic carbocycles. The minimum Gasteiger partial charge on any atom is -0.385 e. The molecule has 0 unspecified atom stereocenters. The number of ether oxygens (including phenoxy) is 1. The Morgan fingerprint density at radius 2 is 2.35 bits per heavy atom. The molecule has 0 saturated heterocycles. The van der Waals surface area contributed by atoms with Crippen LogP contribution in [0.2, 0.25) is 0 Å². The number of aliphatic imine (C=N–C) groups is 1. The van der Waals surface area contributed by atoms with Crippen molar-refractivity contribution in [2.75, 3.05) is 27.3 Å². The second-order valence-electron chi connectivity index (χ2n) is 3.56. The van der Waals surface area contributed by atoms with E-state index in [0.717, 1.165) is 37.8 Å². The largest absolute Gasteiger partial charge is 0.385 e. The number of nitrogens with zero attached hydrogens (tertiary/aromatic N) is 2. The summed E-state index contributed by atoms with van der Waals surface area (Å²) >= 11 is 1.66. The molecule has 2 N–H and O–H groups in total. The molecule has 1 aromatic rings. The predicted octanol–water partition coefficient (Wildman–Crippen LogP) is 1.15. The van der Waals surface area contributed by atoms with Crippen LogP contribution < -0.4 is 10.6 Å². The topological polar surface area (TPSA) is 58.5 Å². The Labute approximate surface area is 106 Å². The van der Waals surface area contributed by atoms with E-state index in [0.29, 0.717) is 0 Å². The van der Waals surface area contributed by atoms with Gasteiger partial charge in [-0.1, -0.05) is 0 Å². The molecule has 1 rings (SSSR count). The summed E-state index contributed by atoms with van der Waals surface area (Å²) in [6, 6.07) is 0. The van der Waals surface area contributed by atoms with Crippen LogP contribution in [0.25, 0.3) is 0 Å². The van der Waals surface area contributed by atoms with Crippen molar-refractivity contribution in [3.05, 3.63) is 16.1 Å². The lowest BCUT2D eigenvalue weighted by molar-refractivity contribution is 0.195. The summed E-state index contributed by atoms with van der Waals surface area (Å²) in [5.41, 5.74) is 2.94. The van der Waals surface area contributed by atoms with Crippen molar-refractivity contribution in [3.8, 4) is 0 Å². The Bertz CT molecular complexity index is 351. The molecule has 0 fully saturated rings. The van der Waals surface area contributed by atoms with Crippen LogP contribution in [0, 0.1) is 6.92 Å². The second kappa shape index (κ2) is 8.03. The van der Waals surface area contributed by atoms with Gasteiger partial charge in [-0.2, -0.15) is 0 Å². The van der Waals surface area contributed by atoms with Crippen molar-refractivity contribution in [3.63, 3.8) is 0 Å². The van der Waals surface area contributed by atoms with Crippen LogP contribution in [0.3, 0.4) is 0 Å². The number of methoxy groups -OCH3 is 1. The van der Waals surface area contributed by atoms with E-state index in [1.165, 1.54) is 4.88 Å². The lowest BCUT2D eigenvalue weighted by Gasteiger charge is -2.11. The van der Waals surface area contributed by atoms with Crippen LogP contribution >= 0.6 is 11.3 Å². The zero-order chi connectivity index (χ0) is 12.5. The molecule has 0 amide bonds. The van der Waals surface area contributed by atoms with Gasteiger partial charge in [-0.15, -0.1) is 11.3 Å². The van der Waals surface area contributed by atoms with E-state index < -0.39 is 0 Å². The van der Waals surface area contributed by atoms with E-state index in [2.05, 4.69) is 20.6 Å². The van der Waals surface area contributed by atoms with Gasteiger partial charge in [0.2, 0.25) is 0 Å². The zero-order valence-electron chi connectivity index (χ0n) is 10.6. The molecule has 0 radical (unpaired) electrons. The second-order valence-corrected chi connectivity index (χ2v) is 4.50. The number of aryl methyl sites for hydroxylation is 1. The summed E-state index contributed by atoms with van der Waals surface area (Å²) in [6.07, 6.45) is 0.969. The maximum atomic E-state index is 4.99. The molecule has 1 aromatic heterocycles. The fraction of sp³-hybridized carbons (Fsp3) is 0.636. The van der Waals surface area contributed by atoms with Gasteiger partial charge in [-0.05, 0) is 13.3 Å². The number of rotatable bonds is 6. The summed E-state index contributed by atoms with van der Waals surface area (Å²) in [7, 11) is 3.48. The number of aromatic nitrogens is 1. The zero-order valence-corrected chi connectivity index (χ0v) is 11.4. The molecule has 1 heterocycles. The first kappa shape index (κ1) is 13.9. The van der Waals surface area contributed by atoms with Crippen molar-refractivity contribution >= 4 is 17.3 Å². The molecule has 5 nitrogen and oxygen atoms in total. The first-order valence-electron chi connectivity index (χ1n) is 5.60. The monoisotopic (exact) mass is 256 g/mol. The molecule has 0 saturated carbocycles. The number of nitrogens with one attached hydrogen (secondary N) is 2. The molecule has 0 bridgehead atoms. The molecular weight excluding hydrogens is 236 g/mol. The number of guanidine groups is 1. The molecule has 17 heavy (non-hydrogen) atoms. The first-order chi connectivity index (χ1) is 8.27. The Morgan fingerprint density at radius 1 is 1.53 bits per heavy atom. The van der Waals surface area contributed by atoms with Crippen molar-refractivity contribution < 1.29 is 4.74 Å². The summed E-state index contributed by atoms with van der Waals surface area (Å²) in [6.45, 7) is 4.40. The van der Waals surface area contributed by atoms with Gasteiger partial charge in [0.15, 0.2) is 5.96 Å². The number of hydrogen-bond acceptors (Lipinski definition) is 4. The third-order valence-corrected chi connectivity index (χ3v) is 3.24. The Morgan fingerprint density at radius 3 is 2.94 bits per heavy atom. The van der Waals surface area contributed by atoms with Gasteiger partial charge in [0.1, 0.15) is 0 Å². The standard InChI is InChI=1S/C11H20N4OS/c1-9-10(17-8-15-9)7-14-11(12-2)13-5-4-6-16-3/h8H,4-7H2,1-3H3,(H2,12,13,14). The van der Waals surface area contributed by atoms with Gasteiger partial charge < -0.3 is 15.4 Å². The fourth-order valence-electron chi connectivity index (χ4n) is 1.30.